The Bertz CT molecular complexity index is 1010. The number of rotatable bonds is 3. The van der Waals surface area contributed by atoms with E-state index in [-0.39, 0.29) is 17.8 Å². The van der Waals surface area contributed by atoms with E-state index in [9.17, 15) is 9.18 Å². The molecule has 1 saturated heterocycles. The highest BCUT2D eigenvalue weighted by atomic mass is 19.1. The summed E-state index contributed by atoms with van der Waals surface area (Å²) in [4.78, 5) is 14.6. The molecule has 0 radical (unpaired) electrons. The van der Waals surface area contributed by atoms with Gasteiger partial charge in [-0.25, -0.2) is 4.39 Å². The Morgan fingerprint density at radius 1 is 1.07 bits per heavy atom. The predicted octanol–water partition coefficient (Wildman–Crippen LogP) is 4.82. The highest BCUT2D eigenvalue weighted by Crippen LogP contribution is 2.28. The molecule has 3 nitrogen and oxygen atoms in total. The number of likely N-dealkylation sites (tertiary alicyclic amines) is 1. The van der Waals surface area contributed by atoms with Crippen LogP contribution in [0.1, 0.15) is 22.3 Å². The van der Waals surface area contributed by atoms with Crippen molar-refractivity contribution in [3.8, 4) is 11.1 Å². The number of carbonyl (C=O) groups is 1. The number of nitrogens with zero attached hydrogens (tertiary/aromatic N) is 1. The van der Waals surface area contributed by atoms with Crippen molar-refractivity contribution < 1.29 is 13.9 Å². The van der Waals surface area contributed by atoms with Crippen LogP contribution in [0.5, 0.6) is 0 Å². The molecule has 0 aliphatic carbocycles. The normalized spacial score (nSPS) is 16.9. The average molecular weight is 363 g/mol. The maximum Gasteiger partial charge on any atom is 0.253 e. The molecule has 1 aliphatic heterocycles. The number of benzene rings is 3. The van der Waals surface area contributed by atoms with Crippen molar-refractivity contribution in [2.45, 2.75) is 19.4 Å². The van der Waals surface area contributed by atoms with Crippen LogP contribution in [-0.2, 0) is 4.74 Å². The van der Waals surface area contributed by atoms with Crippen LogP contribution in [0.3, 0.4) is 0 Å². The lowest BCUT2D eigenvalue weighted by Gasteiger charge is -2.16. The number of hydrogen-bond acceptors (Lipinski definition) is 2. The monoisotopic (exact) mass is 363 g/mol. The zero-order chi connectivity index (χ0) is 19.0. The van der Waals surface area contributed by atoms with E-state index in [0.717, 1.165) is 34.9 Å². The fourth-order valence-corrected chi connectivity index (χ4v) is 3.69. The van der Waals surface area contributed by atoms with Gasteiger partial charge in [-0.3, -0.25) is 4.79 Å². The van der Waals surface area contributed by atoms with Crippen molar-refractivity contribution in [2.75, 3.05) is 20.2 Å². The van der Waals surface area contributed by atoms with E-state index in [1.165, 1.54) is 0 Å². The van der Waals surface area contributed by atoms with Gasteiger partial charge in [0.05, 0.1) is 6.10 Å². The first kappa shape index (κ1) is 17.7. The van der Waals surface area contributed by atoms with Crippen LogP contribution in [0, 0.1) is 12.7 Å². The van der Waals surface area contributed by atoms with Gasteiger partial charge in [0.25, 0.3) is 5.91 Å². The Hall–Kier alpha value is -2.72. The van der Waals surface area contributed by atoms with Crippen LogP contribution in [0.4, 0.5) is 4.39 Å². The summed E-state index contributed by atoms with van der Waals surface area (Å²) in [5, 5.41) is 1.96. The average Bonchev–Trinajstić information content (AvgIpc) is 3.16. The van der Waals surface area contributed by atoms with E-state index in [1.54, 1.807) is 13.2 Å². The largest absolute Gasteiger partial charge is 0.380 e. The van der Waals surface area contributed by atoms with E-state index in [0.29, 0.717) is 17.7 Å². The molecule has 1 atom stereocenters. The number of halogens is 1. The van der Waals surface area contributed by atoms with E-state index >= 15 is 0 Å². The van der Waals surface area contributed by atoms with Gasteiger partial charge in [-0.1, -0.05) is 30.3 Å². The first-order chi connectivity index (χ1) is 13.0. The molecule has 0 bridgehead atoms. The standard InChI is InChI=1S/C23H22FNO2/c1-15-3-8-21(22(24)11-15)18-6-4-17-13-19(7-5-16(17)12-18)23(26)25-10-9-20(14-25)27-2/h3-8,11-13,20H,9-10,14H2,1-2H3. The molecule has 27 heavy (non-hydrogen) atoms. The Morgan fingerprint density at radius 3 is 2.59 bits per heavy atom. The Labute approximate surface area is 158 Å². The van der Waals surface area contributed by atoms with Crippen LogP contribution in [0.25, 0.3) is 21.9 Å². The molecule has 1 amide bonds. The Morgan fingerprint density at radius 2 is 1.85 bits per heavy atom. The minimum absolute atomic E-state index is 0.0325. The number of methoxy groups -OCH3 is 1. The van der Waals surface area contributed by atoms with E-state index in [1.807, 2.05) is 60.4 Å². The molecule has 3 aromatic carbocycles. The number of carbonyl (C=O) groups excluding carboxylic acids is 1. The van der Waals surface area contributed by atoms with Crippen LogP contribution >= 0.6 is 0 Å². The van der Waals surface area contributed by atoms with Crippen molar-refractivity contribution in [1.82, 2.24) is 4.90 Å². The number of ether oxygens (including phenoxy) is 1. The first-order valence-electron chi connectivity index (χ1n) is 9.17. The summed E-state index contributed by atoms with van der Waals surface area (Å²) in [6, 6.07) is 16.8. The van der Waals surface area contributed by atoms with E-state index in [4.69, 9.17) is 4.74 Å². The number of aryl methyl sites for hydroxylation is 1. The molecule has 3 aromatic rings. The fraction of sp³-hybridized carbons (Fsp3) is 0.261. The minimum atomic E-state index is -0.220. The lowest BCUT2D eigenvalue weighted by atomic mass is 9.98. The highest BCUT2D eigenvalue weighted by Gasteiger charge is 2.26. The second-order valence-electron chi connectivity index (χ2n) is 7.16. The Kier molecular flexibility index (Phi) is 4.66. The lowest BCUT2D eigenvalue weighted by molar-refractivity contribution is 0.0724. The van der Waals surface area contributed by atoms with Gasteiger partial charge in [-0.2, -0.15) is 0 Å². The van der Waals surface area contributed by atoms with Crippen molar-refractivity contribution in [3.63, 3.8) is 0 Å². The predicted molar refractivity (Wildman–Crippen MR) is 105 cm³/mol. The van der Waals surface area contributed by atoms with Crippen LogP contribution in [-0.4, -0.2) is 37.1 Å². The number of hydrogen-bond donors (Lipinski definition) is 0. The van der Waals surface area contributed by atoms with Gasteiger partial charge >= 0.3 is 0 Å². The molecule has 1 aliphatic rings. The van der Waals surface area contributed by atoms with Crippen molar-refractivity contribution in [2.24, 2.45) is 0 Å². The summed E-state index contributed by atoms with van der Waals surface area (Å²) >= 11 is 0. The molecule has 0 saturated carbocycles. The van der Waals surface area contributed by atoms with Crippen LogP contribution in [0.2, 0.25) is 0 Å². The third-order valence-corrected chi connectivity index (χ3v) is 5.29. The number of fused-ring (bicyclic) bond motifs is 1. The fourth-order valence-electron chi connectivity index (χ4n) is 3.69. The highest BCUT2D eigenvalue weighted by molar-refractivity contribution is 5.99. The molecule has 138 valence electrons. The van der Waals surface area contributed by atoms with E-state index in [2.05, 4.69) is 0 Å². The van der Waals surface area contributed by atoms with Crippen molar-refractivity contribution in [3.05, 3.63) is 71.5 Å². The van der Waals surface area contributed by atoms with E-state index < -0.39 is 0 Å². The molecule has 0 spiro atoms. The second-order valence-corrected chi connectivity index (χ2v) is 7.16. The summed E-state index contributed by atoms with van der Waals surface area (Å²) in [6.07, 6.45) is 1.00. The van der Waals surface area contributed by atoms with Gasteiger partial charge in [0, 0.05) is 31.3 Å². The third-order valence-electron chi connectivity index (χ3n) is 5.29. The second kappa shape index (κ2) is 7.12. The Balaban J connectivity index is 1.63. The van der Waals surface area contributed by atoms with Crippen LogP contribution in [0.15, 0.2) is 54.6 Å². The summed E-state index contributed by atoms with van der Waals surface area (Å²) in [5.74, 6) is -0.187. The van der Waals surface area contributed by atoms with Gasteiger partial charge in [0.2, 0.25) is 0 Å². The summed E-state index contributed by atoms with van der Waals surface area (Å²) in [5.41, 5.74) is 3.00. The maximum absolute atomic E-state index is 14.3. The quantitative estimate of drug-likeness (QED) is 0.668. The summed E-state index contributed by atoms with van der Waals surface area (Å²) < 4.78 is 19.6. The van der Waals surface area contributed by atoms with Gasteiger partial charge < -0.3 is 9.64 Å². The molecule has 1 fully saturated rings. The molecule has 0 N–H and O–H groups in total. The third kappa shape index (κ3) is 3.45. The molecule has 4 heteroatoms. The number of amides is 1. The van der Waals surface area contributed by atoms with Crippen molar-refractivity contribution >= 4 is 16.7 Å². The SMILES string of the molecule is COC1CCN(C(=O)c2ccc3cc(-c4ccc(C)cc4F)ccc3c2)C1. The minimum Gasteiger partial charge on any atom is -0.380 e. The molecule has 0 aromatic heterocycles. The van der Waals surface area contributed by atoms with Crippen LogP contribution < -0.4 is 0 Å². The maximum atomic E-state index is 14.3. The molecule has 4 rings (SSSR count). The zero-order valence-electron chi connectivity index (χ0n) is 15.5. The van der Waals surface area contributed by atoms with Crippen molar-refractivity contribution in [1.29, 1.82) is 0 Å². The zero-order valence-corrected chi connectivity index (χ0v) is 15.5. The topological polar surface area (TPSA) is 29.5 Å². The molecule has 1 unspecified atom stereocenters. The summed E-state index contributed by atoms with van der Waals surface area (Å²) in [6.45, 7) is 3.24. The van der Waals surface area contributed by atoms with Gasteiger partial charge in [0.1, 0.15) is 5.82 Å². The van der Waals surface area contributed by atoms with Gasteiger partial charge in [-0.05, 0) is 59.5 Å². The lowest BCUT2D eigenvalue weighted by Crippen LogP contribution is -2.29. The van der Waals surface area contributed by atoms with Gasteiger partial charge in [0.15, 0.2) is 0 Å². The first-order valence-corrected chi connectivity index (χ1v) is 9.17. The molecule has 1 heterocycles. The summed E-state index contributed by atoms with van der Waals surface area (Å²) in [7, 11) is 1.68. The van der Waals surface area contributed by atoms with Gasteiger partial charge in [-0.15, -0.1) is 0 Å². The molecular weight excluding hydrogens is 341 g/mol. The smallest absolute Gasteiger partial charge is 0.253 e. The molecular formula is C23H22FNO2.